The molecule has 0 bridgehead atoms. The smallest absolute Gasteiger partial charge is 0.0640 e. The number of nitrogens with one attached hydrogen (secondary N) is 1. The highest BCUT2D eigenvalue weighted by Gasteiger charge is 2.36. The fourth-order valence-corrected chi connectivity index (χ4v) is 5.04. The monoisotopic (exact) mass is 325 g/mol. The molecule has 0 radical (unpaired) electrons. The van der Waals surface area contributed by atoms with Gasteiger partial charge in [0, 0.05) is 6.04 Å². The molecule has 3 heteroatoms. The Kier molecular flexibility index (Phi) is 5.14. The molecule has 0 spiro atoms. The second-order valence-corrected chi connectivity index (χ2v) is 7.57. The Morgan fingerprint density at radius 2 is 1.81 bits per heavy atom. The summed E-state index contributed by atoms with van der Waals surface area (Å²) in [5.74, 6) is 2.61. The SMILES string of the molecule is CNC(c1cccc(Cl)c1Cl)C1CCC2CCCCC2C1. The second kappa shape index (κ2) is 6.89. The molecular weight excluding hydrogens is 301 g/mol. The first-order valence-electron chi connectivity index (χ1n) is 8.32. The predicted molar refractivity (Wildman–Crippen MR) is 91.1 cm³/mol. The third-order valence-electron chi connectivity index (χ3n) is 5.68. The van der Waals surface area contributed by atoms with Gasteiger partial charge in [0.15, 0.2) is 0 Å². The minimum atomic E-state index is 0.332. The van der Waals surface area contributed by atoms with Gasteiger partial charge in [-0.2, -0.15) is 0 Å². The largest absolute Gasteiger partial charge is 0.313 e. The summed E-state index contributed by atoms with van der Waals surface area (Å²) >= 11 is 12.7. The predicted octanol–water partition coefficient (Wildman–Crippen LogP) is 5.86. The van der Waals surface area contributed by atoms with Crippen molar-refractivity contribution in [1.82, 2.24) is 5.32 Å². The van der Waals surface area contributed by atoms with E-state index < -0.39 is 0 Å². The molecule has 0 aliphatic heterocycles. The van der Waals surface area contributed by atoms with E-state index >= 15 is 0 Å². The highest BCUT2D eigenvalue weighted by Crippen LogP contribution is 2.47. The van der Waals surface area contributed by atoms with E-state index in [1.165, 1.54) is 50.5 Å². The van der Waals surface area contributed by atoms with Gasteiger partial charge < -0.3 is 5.32 Å². The maximum Gasteiger partial charge on any atom is 0.0640 e. The van der Waals surface area contributed by atoms with Crippen molar-refractivity contribution in [1.29, 1.82) is 0 Å². The van der Waals surface area contributed by atoms with Gasteiger partial charge in [-0.05, 0) is 55.7 Å². The van der Waals surface area contributed by atoms with Crippen LogP contribution in [0.4, 0.5) is 0 Å². The van der Waals surface area contributed by atoms with Gasteiger partial charge in [-0.15, -0.1) is 0 Å². The highest BCUT2D eigenvalue weighted by molar-refractivity contribution is 6.42. The second-order valence-electron chi connectivity index (χ2n) is 6.79. The summed E-state index contributed by atoms with van der Waals surface area (Å²) in [5.41, 5.74) is 1.17. The lowest BCUT2D eigenvalue weighted by Crippen LogP contribution is -2.34. The van der Waals surface area contributed by atoms with E-state index in [2.05, 4.69) is 18.4 Å². The van der Waals surface area contributed by atoms with Gasteiger partial charge in [-0.3, -0.25) is 0 Å². The molecular formula is C18H25Cl2N. The fourth-order valence-electron chi connectivity index (χ4n) is 4.62. The summed E-state index contributed by atoms with van der Waals surface area (Å²) in [6.07, 6.45) is 9.82. The standard InChI is InChI=1S/C18H25Cl2N/c1-21-18(15-7-4-8-16(19)17(15)20)14-10-9-12-5-2-3-6-13(12)11-14/h4,7-8,12-14,18,21H,2-3,5-6,9-11H2,1H3. The van der Waals surface area contributed by atoms with Crippen LogP contribution in [-0.4, -0.2) is 7.05 Å². The van der Waals surface area contributed by atoms with Crippen LogP contribution in [0.3, 0.4) is 0 Å². The van der Waals surface area contributed by atoms with Crippen molar-refractivity contribution in [2.75, 3.05) is 7.05 Å². The lowest BCUT2D eigenvalue weighted by Gasteiger charge is -2.42. The van der Waals surface area contributed by atoms with E-state index in [0.29, 0.717) is 17.0 Å². The first-order valence-corrected chi connectivity index (χ1v) is 9.07. The Hall–Kier alpha value is -0.240. The molecule has 1 N–H and O–H groups in total. The summed E-state index contributed by atoms with van der Waals surface area (Å²) in [7, 11) is 2.05. The van der Waals surface area contributed by atoms with E-state index in [4.69, 9.17) is 23.2 Å². The van der Waals surface area contributed by atoms with Crippen LogP contribution in [0.1, 0.15) is 56.6 Å². The molecule has 1 aromatic carbocycles. The fraction of sp³-hybridized carbons (Fsp3) is 0.667. The molecule has 3 rings (SSSR count). The Morgan fingerprint density at radius 3 is 2.57 bits per heavy atom. The van der Waals surface area contributed by atoms with Gasteiger partial charge >= 0.3 is 0 Å². The van der Waals surface area contributed by atoms with E-state index in [0.717, 1.165) is 16.9 Å². The third-order valence-corrected chi connectivity index (χ3v) is 6.51. The molecule has 1 nitrogen and oxygen atoms in total. The molecule has 0 saturated heterocycles. The minimum Gasteiger partial charge on any atom is -0.313 e. The zero-order chi connectivity index (χ0) is 14.8. The molecule has 0 aromatic heterocycles. The number of hydrogen-bond acceptors (Lipinski definition) is 1. The van der Waals surface area contributed by atoms with Gasteiger partial charge in [-0.1, -0.05) is 61.0 Å². The van der Waals surface area contributed by atoms with E-state index in [9.17, 15) is 0 Å². The van der Waals surface area contributed by atoms with Crippen LogP contribution in [0.25, 0.3) is 0 Å². The number of halogens is 2. The van der Waals surface area contributed by atoms with Crippen LogP contribution in [0.15, 0.2) is 18.2 Å². The van der Waals surface area contributed by atoms with Crippen LogP contribution >= 0.6 is 23.2 Å². The van der Waals surface area contributed by atoms with Gasteiger partial charge in [-0.25, -0.2) is 0 Å². The molecule has 2 aliphatic carbocycles. The average molecular weight is 326 g/mol. The van der Waals surface area contributed by atoms with Crippen molar-refractivity contribution < 1.29 is 0 Å². The molecule has 4 unspecified atom stereocenters. The highest BCUT2D eigenvalue weighted by atomic mass is 35.5. The number of hydrogen-bond donors (Lipinski definition) is 1. The van der Waals surface area contributed by atoms with E-state index in [-0.39, 0.29) is 0 Å². The summed E-state index contributed by atoms with van der Waals surface area (Å²) in [4.78, 5) is 0. The van der Waals surface area contributed by atoms with Crippen molar-refractivity contribution in [3.63, 3.8) is 0 Å². The van der Waals surface area contributed by atoms with Gasteiger partial charge in [0.25, 0.3) is 0 Å². The van der Waals surface area contributed by atoms with Crippen LogP contribution < -0.4 is 5.32 Å². The summed E-state index contributed by atoms with van der Waals surface area (Å²) in [6, 6.07) is 6.35. The van der Waals surface area contributed by atoms with Crippen molar-refractivity contribution in [2.45, 2.75) is 51.0 Å². The molecule has 2 aliphatic rings. The van der Waals surface area contributed by atoms with Crippen molar-refractivity contribution >= 4 is 23.2 Å². The Labute approximate surface area is 138 Å². The number of rotatable bonds is 3. The van der Waals surface area contributed by atoms with Crippen LogP contribution in [0.2, 0.25) is 10.0 Å². The summed E-state index contributed by atoms with van der Waals surface area (Å²) in [6.45, 7) is 0. The number of benzene rings is 1. The van der Waals surface area contributed by atoms with Crippen molar-refractivity contribution in [3.8, 4) is 0 Å². The van der Waals surface area contributed by atoms with Crippen LogP contribution in [-0.2, 0) is 0 Å². The first kappa shape index (κ1) is 15.6. The minimum absolute atomic E-state index is 0.332. The lowest BCUT2D eigenvalue weighted by molar-refractivity contribution is 0.111. The van der Waals surface area contributed by atoms with E-state index in [1.807, 2.05) is 12.1 Å². The average Bonchev–Trinajstić information content (AvgIpc) is 2.52. The quantitative estimate of drug-likeness (QED) is 0.733. The maximum absolute atomic E-state index is 6.45. The molecule has 1 aromatic rings. The maximum atomic E-state index is 6.45. The zero-order valence-electron chi connectivity index (χ0n) is 12.7. The molecule has 21 heavy (non-hydrogen) atoms. The molecule has 0 amide bonds. The zero-order valence-corrected chi connectivity index (χ0v) is 14.3. The normalized spacial score (nSPS) is 30.7. The molecule has 2 fully saturated rings. The third kappa shape index (κ3) is 3.25. The molecule has 116 valence electrons. The first-order chi connectivity index (χ1) is 10.2. The van der Waals surface area contributed by atoms with Crippen molar-refractivity contribution in [3.05, 3.63) is 33.8 Å². The Balaban J connectivity index is 1.78. The molecule has 0 heterocycles. The number of fused-ring (bicyclic) bond motifs is 1. The van der Waals surface area contributed by atoms with E-state index in [1.54, 1.807) is 0 Å². The van der Waals surface area contributed by atoms with Gasteiger partial charge in [0.05, 0.1) is 10.0 Å². The van der Waals surface area contributed by atoms with Crippen molar-refractivity contribution in [2.24, 2.45) is 17.8 Å². The Bertz CT molecular complexity index is 488. The topological polar surface area (TPSA) is 12.0 Å². The summed E-state index contributed by atoms with van der Waals surface area (Å²) < 4.78 is 0. The summed E-state index contributed by atoms with van der Waals surface area (Å²) in [5, 5.41) is 4.90. The van der Waals surface area contributed by atoms with Gasteiger partial charge in [0.2, 0.25) is 0 Å². The lowest BCUT2D eigenvalue weighted by atomic mass is 9.65. The van der Waals surface area contributed by atoms with Crippen LogP contribution in [0, 0.1) is 17.8 Å². The van der Waals surface area contributed by atoms with Crippen LogP contribution in [0.5, 0.6) is 0 Å². The molecule has 4 atom stereocenters. The molecule has 2 saturated carbocycles. The van der Waals surface area contributed by atoms with Gasteiger partial charge in [0.1, 0.15) is 0 Å². The Morgan fingerprint density at radius 1 is 1.05 bits per heavy atom.